The van der Waals surface area contributed by atoms with E-state index in [1.165, 1.54) is 0 Å². The van der Waals surface area contributed by atoms with E-state index in [-0.39, 0.29) is 0 Å². The topological polar surface area (TPSA) is 25.8 Å². The Morgan fingerprint density at radius 1 is 0.909 bits per heavy atom. The van der Waals surface area contributed by atoms with Crippen LogP contribution in [0.5, 0.6) is 0 Å². The van der Waals surface area contributed by atoms with Crippen LogP contribution in [0.15, 0.2) is 48.9 Å². The Labute approximate surface area is 139 Å². The van der Waals surface area contributed by atoms with E-state index in [1.54, 1.807) is 18.5 Å². The number of hydrogen-bond donors (Lipinski definition) is 0. The van der Waals surface area contributed by atoms with Crippen molar-refractivity contribution in [1.29, 1.82) is 0 Å². The molecule has 0 atom stereocenters. The predicted molar refractivity (Wildman–Crippen MR) is 92.4 cm³/mol. The van der Waals surface area contributed by atoms with Gasteiger partial charge in [0.05, 0.1) is 10.0 Å². The minimum Gasteiger partial charge on any atom is -0.265 e. The van der Waals surface area contributed by atoms with Crippen molar-refractivity contribution < 1.29 is 0 Å². The lowest BCUT2D eigenvalue weighted by atomic mass is 9.93. The van der Waals surface area contributed by atoms with E-state index in [0.29, 0.717) is 10.0 Å². The summed E-state index contributed by atoms with van der Waals surface area (Å²) in [7, 11) is 0. The molecule has 110 valence electrons. The first-order chi connectivity index (χ1) is 10.6. The fourth-order valence-electron chi connectivity index (χ4n) is 2.65. The van der Waals surface area contributed by atoms with Gasteiger partial charge in [0.2, 0.25) is 0 Å². The Kier molecular flexibility index (Phi) is 4.14. The molecule has 2 aromatic heterocycles. The van der Waals surface area contributed by atoms with Gasteiger partial charge in [-0.15, -0.1) is 0 Å². The number of nitrogens with zero attached hydrogens (tertiary/aromatic N) is 2. The molecule has 4 heteroatoms. The summed E-state index contributed by atoms with van der Waals surface area (Å²) in [6.07, 6.45) is 5.45. The molecule has 3 rings (SSSR count). The van der Waals surface area contributed by atoms with Crippen LogP contribution in [0, 0.1) is 13.8 Å². The Hall–Kier alpha value is -1.90. The Morgan fingerprint density at radius 3 is 2.36 bits per heavy atom. The highest BCUT2D eigenvalue weighted by Gasteiger charge is 2.15. The molecule has 0 aliphatic carbocycles. The van der Waals surface area contributed by atoms with E-state index < -0.39 is 0 Å². The van der Waals surface area contributed by atoms with E-state index >= 15 is 0 Å². The molecule has 0 bridgehead atoms. The lowest BCUT2D eigenvalue weighted by Crippen LogP contribution is -1.96. The van der Waals surface area contributed by atoms with Crippen LogP contribution in [0.4, 0.5) is 0 Å². The van der Waals surface area contributed by atoms with E-state index in [1.807, 2.05) is 37.4 Å². The van der Waals surface area contributed by atoms with Crippen molar-refractivity contribution in [3.63, 3.8) is 0 Å². The maximum Gasteiger partial charge on any atom is 0.0671 e. The fourth-order valence-corrected chi connectivity index (χ4v) is 3.04. The van der Waals surface area contributed by atoms with Gasteiger partial charge in [0.15, 0.2) is 0 Å². The second kappa shape index (κ2) is 6.07. The van der Waals surface area contributed by atoms with Gasteiger partial charge in [-0.3, -0.25) is 9.97 Å². The van der Waals surface area contributed by atoms with Crippen molar-refractivity contribution in [2.45, 2.75) is 13.8 Å². The number of rotatable bonds is 2. The first-order valence-corrected chi connectivity index (χ1v) is 7.66. The molecule has 22 heavy (non-hydrogen) atoms. The summed E-state index contributed by atoms with van der Waals surface area (Å²) in [5.41, 5.74) is 6.15. The van der Waals surface area contributed by atoms with Crippen LogP contribution in [0.1, 0.15) is 11.3 Å². The third-order valence-corrected chi connectivity index (χ3v) is 4.56. The van der Waals surface area contributed by atoms with E-state index in [2.05, 4.69) is 16.9 Å². The fraction of sp³-hybridized carbons (Fsp3) is 0.111. The Balaban J connectivity index is 2.27. The van der Waals surface area contributed by atoms with Crippen LogP contribution in [0.2, 0.25) is 10.0 Å². The second-order valence-electron chi connectivity index (χ2n) is 5.09. The molecule has 0 saturated carbocycles. The predicted octanol–water partition coefficient (Wildman–Crippen LogP) is 5.73. The highest BCUT2D eigenvalue weighted by atomic mass is 35.5. The van der Waals surface area contributed by atoms with Gasteiger partial charge < -0.3 is 0 Å². The van der Waals surface area contributed by atoms with Crippen LogP contribution in [0.25, 0.3) is 22.3 Å². The zero-order valence-electron chi connectivity index (χ0n) is 12.3. The molecule has 1 aromatic carbocycles. The number of pyridine rings is 2. The van der Waals surface area contributed by atoms with Crippen molar-refractivity contribution in [3.05, 3.63) is 70.2 Å². The molecular formula is C18H14Cl2N2. The zero-order chi connectivity index (χ0) is 15.7. The summed E-state index contributed by atoms with van der Waals surface area (Å²) in [5, 5.41) is 1.11. The van der Waals surface area contributed by atoms with Gasteiger partial charge in [-0.1, -0.05) is 35.3 Å². The maximum atomic E-state index is 6.40. The van der Waals surface area contributed by atoms with Crippen LogP contribution in [-0.2, 0) is 0 Å². The van der Waals surface area contributed by atoms with E-state index in [4.69, 9.17) is 23.2 Å². The van der Waals surface area contributed by atoms with Crippen molar-refractivity contribution in [3.8, 4) is 22.3 Å². The largest absolute Gasteiger partial charge is 0.265 e. The van der Waals surface area contributed by atoms with E-state index in [9.17, 15) is 0 Å². The number of aromatic nitrogens is 2. The molecule has 2 nitrogen and oxygen atoms in total. The zero-order valence-corrected chi connectivity index (χ0v) is 13.8. The molecule has 0 radical (unpaired) electrons. The molecule has 0 spiro atoms. The molecule has 3 aromatic rings. The summed E-state index contributed by atoms with van der Waals surface area (Å²) >= 11 is 12.6. The maximum absolute atomic E-state index is 6.40. The molecular weight excluding hydrogens is 315 g/mol. The molecule has 0 saturated heterocycles. The number of hydrogen-bond acceptors (Lipinski definition) is 2. The molecule has 0 fully saturated rings. The van der Waals surface area contributed by atoms with Crippen LogP contribution in [-0.4, -0.2) is 9.97 Å². The molecule has 0 amide bonds. The van der Waals surface area contributed by atoms with Gasteiger partial charge in [0.1, 0.15) is 0 Å². The van der Waals surface area contributed by atoms with Gasteiger partial charge in [-0.2, -0.15) is 0 Å². The van der Waals surface area contributed by atoms with Gasteiger partial charge in [-0.25, -0.2) is 0 Å². The Bertz CT molecular complexity index is 830. The summed E-state index contributed by atoms with van der Waals surface area (Å²) in [6.45, 7) is 4.06. The Morgan fingerprint density at radius 2 is 1.64 bits per heavy atom. The van der Waals surface area contributed by atoms with E-state index in [0.717, 1.165) is 33.5 Å². The quantitative estimate of drug-likeness (QED) is 0.599. The molecule has 0 unspecified atom stereocenters. The van der Waals surface area contributed by atoms with Gasteiger partial charge in [0.25, 0.3) is 0 Å². The van der Waals surface area contributed by atoms with Gasteiger partial charge in [0, 0.05) is 41.0 Å². The van der Waals surface area contributed by atoms with Crippen molar-refractivity contribution in [1.82, 2.24) is 9.97 Å². The average molecular weight is 329 g/mol. The molecule has 2 heterocycles. The number of halogens is 2. The lowest BCUT2D eigenvalue weighted by molar-refractivity contribution is 1.18. The van der Waals surface area contributed by atoms with Gasteiger partial charge in [-0.05, 0) is 43.2 Å². The first-order valence-electron chi connectivity index (χ1n) is 6.90. The summed E-state index contributed by atoms with van der Waals surface area (Å²) < 4.78 is 0. The number of aryl methyl sites for hydroxylation is 1. The normalized spacial score (nSPS) is 10.7. The monoisotopic (exact) mass is 328 g/mol. The lowest BCUT2D eigenvalue weighted by Gasteiger charge is -2.15. The molecule has 0 aliphatic rings. The van der Waals surface area contributed by atoms with Crippen LogP contribution >= 0.6 is 23.2 Å². The SMILES string of the molecule is Cc1ncc(-c2ccncc2)c(C)c1-c1cccc(Cl)c1Cl. The summed E-state index contributed by atoms with van der Waals surface area (Å²) in [4.78, 5) is 8.61. The summed E-state index contributed by atoms with van der Waals surface area (Å²) in [6, 6.07) is 9.62. The second-order valence-corrected chi connectivity index (χ2v) is 5.88. The number of benzene rings is 1. The third kappa shape index (κ3) is 2.60. The smallest absolute Gasteiger partial charge is 0.0671 e. The van der Waals surface area contributed by atoms with Crippen LogP contribution in [0.3, 0.4) is 0 Å². The average Bonchev–Trinajstić information content (AvgIpc) is 2.52. The minimum atomic E-state index is 0.548. The van der Waals surface area contributed by atoms with Crippen LogP contribution < -0.4 is 0 Å². The van der Waals surface area contributed by atoms with Gasteiger partial charge >= 0.3 is 0 Å². The molecule has 0 aliphatic heterocycles. The highest BCUT2D eigenvalue weighted by Crippen LogP contribution is 2.39. The summed E-state index contributed by atoms with van der Waals surface area (Å²) in [5.74, 6) is 0. The highest BCUT2D eigenvalue weighted by molar-refractivity contribution is 6.43. The molecule has 0 N–H and O–H groups in total. The minimum absolute atomic E-state index is 0.548. The third-order valence-electron chi connectivity index (χ3n) is 3.74. The van der Waals surface area contributed by atoms with Crippen molar-refractivity contribution >= 4 is 23.2 Å². The van der Waals surface area contributed by atoms with Crippen molar-refractivity contribution in [2.24, 2.45) is 0 Å². The standard InChI is InChI=1S/C18H14Cl2N2/c1-11-15(13-6-8-21-9-7-13)10-22-12(2)17(11)14-4-3-5-16(19)18(14)20/h3-10H,1-2H3. The first kappa shape index (κ1) is 15.0. The van der Waals surface area contributed by atoms with Crippen molar-refractivity contribution in [2.75, 3.05) is 0 Å².